The van der Waals surface area contributed by atoms with Crippen molar-refractivity contribution in [3.63, 3.8) is 0 Å². The summed E-state index contributed by atoms with van der Waals surface area (Å²) in [6.45, 7) is 2.28. The Balaban J connectivity index is 1.29. The van der Waals surface area contributed by atoms with Crippen LogP contribution in [-0.4, -0.2) is 11.1 Å². The van der Waals surface area contributed by atoms with Crippen LogP contribution in [0.1, 0.15) is 36.4 Å². The zero-order valence-electron chi connectivity index (χ0n) is 16.4. The van der Waals surface area contributed by atoms with E-state index in [0.29, 0.717) is 11.6 Å². The molecule has 154 valence electrons. The van der Waals surface area contributed by atoms with Crippen LogP contribution in [0, 0.1) is 38.5 Å². The van der Waals surface area contributed by atoms with Crippen LogP contribution >= 0.6 is 22.6 Å². The average Bonchev–Trinajstić information content (AvgIpc) is 3.62. The number of hydrogen-bond acceptors (Lipinski definition) is 3. The van der Waals surface area contributed by atoms with E-state index in [1.165, 1.54) is 23.6 Å². The molecule has 4 nitrogen and oxygen atoms in total. The molecule has 0 amide bonds. The molecule has 1 heterocycles. The summed E-state index contributed by atoms with van der Waals surface area (Å²) in [5, 5.41) is 16.4. The lowest BCUT2D eigenvalue weighted by Gasteiger charge is -2.33. The lowest BCUT2D eigenvalue weighted by Crippen LogP contribution is -2.35. The highest BCUT2D eigenvalue weighted by Crippen LogP contribution is 2.90. The first-order valence-electron chi connectivity index (χ1n) is 10.4. The van der Waals surface area contributed by atoms with E-state index in [-0.39, 0.29) is 29.6 Å². The Bertz CT molecular complexity index is 1100. The normalized spacial score (nSPS) is 37.2. The summed E-state index contributed by atoms with van der Waals surface area (Å²) < 4.78 is 15.2. The molecule has 2 aromatic rings. The fourth-order valence-electron chi connectivity index (χ4n) is 5.89. The molecular formula is C24H22FIN2O2. The van der Waals surface area contributed by atoms with Gasteiger partial charge in [-0.15, -0.1) is 0 Å². The number of fused-ring (bicyclic) bond motifs is 1. The van der Waals surface area contributed by atoms with Gasteiger partial charge in [-0.2, -0.15) is 0 Å². The Morgan fingerprint density at radius 2 is 1.90 bits per heavy atom. The Kier molecular flexibility index (Phi) is 3.87. The van der Waals surface area contributed by atoms with Crippen LogP contribution in [0.5, 0.6) is 0 Å². The van der Waals surface area contributed by atoms with Gasteiger partial charge in [-0.25, -0.2) is 4.39 Å². The lowest BCUT2D eigenvalue weighted by molar-refractivity contribution is -0.141. The van der Waals surface area contributed by atoms with Crippen molar-refractivity contribution in [2.24, 2.45) is 29.1 Å². The van der Waals surface area contributed by atoms with E-state index in [9.17, 15) is 14.3 Å². The third-order valence-electron chi connectivity index (χ3n) is 7.68. The quantitative estimate of drug-likeness (QED) is 0.485. The van der Waals surface area contributed by atoms with Gasteiger partial charge >= 0.3 is 5.97 Å². The summed E-state index contributed by atoms with van der Waals surface area (Å²) in [6.07, 6.45) is 3.14. The smallest absolute Gasteiger partial charge is 0.307 e. The van der Waals surface area contributed by atoms with Crippen molar-refractivity contribution in [3.05, 3.63) is 74.9 Å². The molecule has 6 rings (SSSR count). The van der Waals surface area contributed by atoms with E-state index in [1.807, 2.05) is 12.3 Å². The van der Waals surface area contributed by atoms with Crippen molar-refractivity contribution in [2.75, 3.05) is 5.32 Å². The predicted molar refractivity (Wildman–Crippen MR) is 120 cm³/mol. The summed E-state index contributed by atoms with van der Waals surface area (Å²) in [6, 6.07) is 13.9. The number of rotatable bonds is 5. The zero-order valence-corrected chi connectivity index (χ0v) is 18.6. The third kappa shape index (κ3) is 2.52. The molecule has 3 aliphatic carbocycles. The summed E-state index contributed by atoms with van der Waals surface area (Å²) >= 11 is 2.08. The van der Waals surface area contributed by atoms with Crippen LogP contribution in [-0.2, 0) is 4.79 Å². The highest BCUT2D eigenvalue weighted by Gasteiger charge is 2.92. The molecule has 3 N–H and O–H groups in total. The van der Waals surface area contributed by atoms with Crippen LogP contribution in [0.15, 0.2) is 54.4 Å². The van der Waals surface area contributed by atoms with Gasteiger partial charge in [-0.05, 0) is 76.1 Å². The van der Waals surface area contributed by atoms with Crippen LogP contribution in [0.4, 0.5) is 10.1 Å². The SMILES string of the molecule is CC1CC1c1ccc(C2NC=C(Nc3ccc(I)cc3F)C34C(C(=O)O)C3C24)cc1. The first-order chi connectivity index (χ1) is 14.4. The van der Waals surface area contributed by atoms with Crippen molar-refractivity contribution < 1.29 is 14.3 Å². The Morgan fingerprint density at radius 1 is 1.20 bits per heavy atom. The van der Waals surface area contributed by atoms with E-state index >= 15 is 0 Å². The van der Waals surface area contributed by atoms with Crippen molar-refractivity contribution >= 4 is 34.2 Å². The number of allylic oxidation sites excluding steroid dienone is 1. The third-order valence-corrected chi connectivity index (χ3v) is 8.35. The van der Waals surface area contributed by atoms with Gasteiger partial charge in [-0.1, -0.05) is 31.2 Å². The molecule has 7 atom stereocenters. The van der Waals surface area contributed by atoms with E-state index in [4.69, 9.17) is 0 Å². The minimum Gasteiger partial charge on any atom is -0.481 e. The van der Waals surface area contributed by atoms with Gasteiger partial charge in [0.1, 0.15) is 5.82 Å². The Morgan fingerprint density at radius 3 is 2.53 bits per heavy atom. The number of carbonyl (C=O) groups is 1. The van der Waals surface area contributed by atoms with Crippen molar-refractivity contribution in [2.45, 2.75) is 25.3 Å². The van der Waals surface area contributed by atoms with Gasteiger partial charge in [0.25, 0.3) is 0 Å². The second kappa shape index (κ2) is 6.22. The summed E-state index contributed by atoms with van der Waals surface area (Å²) in [5.41, 5.74) is 3.38. The van der Waals surface area contributed by atoms with Gasteiger partial charge in [0.05, 0.1) is 17.6 Å². The van der Waals surface area contributed by atoms with Crippen molar-refractivity contribution in [1.82, 2.24) is 5.32 Å². The number of carboxylic acid groups (broad SMARTS) is 1. The number of aliphatic carboxylic acids is 1. The van der Waals surface area contributed by atoms with Gasteiger partial charge in [0.15, 0.2) is 0 Å². The number of carboxylic acids is 1. The first kappa shape index (κ1) is 18.7. The second-order valence-corrected chi connectivity index (χ2v) is 10.5. The van der Waals surface area contributed by atoms with Gasteiger partial charge in [0.2, 0.25) is 0 Å². The van der Waals surface area contributed by atoms with Crippen LogP contribution < -0.4 is 10.6 Å². The number of nitrogens with one attached hydrogen (secondary N) is 2. The maximum Gasteiger partial charge on any atom is 0.307 e. The van der Waals surface area contributed by atoms with Gasteiger partial charge < -0.3 is 15.7 Å². The highest BCUT2D eigenvalue weighted by atomic mass is 127. The molecule has 0 aromatic heterocycles. The van der Waals surface area contributed by atoms with E-state index in [1.54, 1.807) is 6.07 Å². The monoisotopic (exact) mass is 516 g/mol. The standard InChI is InChI=1S/C24H22FIN2O2/c1-11-8-15(11)12-2-4-13(5-3-12)22-20-19-21(23(29)30)24(19,20)18(10-27-22)28-17-7-6-14(26)9-16(17)25/h2-7,9-11,15,19-22,27-28H,8H2,1H3,(H,29,30). The van der Waals surface area contributed by atoms with Crippen LogP contribution in [0.25, 0.3) is 0 Å². The molecular weight excluding hydrogens is 494 g/mol. The molecule has 3 fully saturated rings. The maximum absolute atomic E-state index is 14.4. The molecule has 2 aromatic carbocycles. The molecule has 1 spiro atoms. The zero-order chi connectivity index (χ0) is 20.8. The first-order valence-corrected chi connectivity index (χ1v) is 11.5. The van der Waals surface area contributed by atoms with Crippen molar-refractivity contribution in [3.8, 4) is 0 Å². The number of benzene rings is 2. The van der Waals surface area contributed by atoms with E-state index < -0.39 is 11.4 Å². The van der Waals surface area contributed by atoms with Crippen LogP contribution in [0.2, 0.25) is 0 Å². The summed E-state index contributed by atoms with van der Waals surface area (Å²) in [4.78, 5) is 11.8. The molecule has 3 saturated carbocycles. The lowest BCUT2D eigenvalue weighted by atomic mass is 9.83. The molecule has 30 heavy (non-hydrogen) atoms. The predicted octanol–water partition coefficient (Wildman–Crippen LogP) is 5.10. The highest BCUT2D eigenvalue weighted by molar-refractivity contribution is 14.1. The maximum atomic E-state index is 14.4. The van der Waals surface area contributed by atoms with Crippen LogP contribution in [0.3, 0.4) is 0 Å². The Labute approximate surface area is 188 Å². The molecule has 0 bridgehead atoms. The number of anilines is 1. The number of hydrogen-bond donors (Lipinski definition) is 3. The average molecular weight is 516 g/mol. The molecule has 4 aliphatic rings. The van der Waals surface area contributed by atoms with Crippen molar-refractivity contribution in [1.29, 1.82) is 0 Å². The topological polar surface area (TPSA) is 61.4 Å². The van der Waals surface area contributed by atoms with Gasteiger partial charge in [0, 0.05) is 26.8 Å². The summed E-state index contributed by atoms with van der Waals surface area (Å²) in [7, 11) is 0. The van der Waals surface area contributed by atoms with E-state index in [2.05, 4.69) is 64.4 Å². The van der Waals surface area contributed by atoms with Gasteiger partial charge in [-0.3, -0.25) is 4.79 Å². The molecule has 7 unspecified atom stereocenters. The Hall–Kier alpha value is -2.09. The largest absolute Gasteiger partial charge is 0.481 e. The minimum absolute atomic E-state index is 0.100. The summed E-state index contributed by atoms with van der Waals surface area (Å²) in [5.74, 6) is 0.322. The molecule has 6 heteroatoms. The molecule has 0 saturated heterocycles. The second-order valence-electron chi connectivity index (χ2n) is 9.24. The minimum atomic E-state index is -0.759. The fraction of sp³-hybridized carbons (Fsp3) is 0.375. The molecule has 0 radical (unpaired) electrons. The fourth-order valence-corrected chi connectivity index (χ4v) is 6.34. The number of halogens is 2. The molecule has 1 aliphatic heterocycles. The van der Waals surface area contributed by atoms with E-state index in [0.717, 1.165) is 15.2 Å².